The molecule has 5 aromatic carbocycles. The molecular weight excluding hydrogens is 484 g/mol. The van der Waals surface area contributed by atoms with Gasteiger partial charge in [0, 0.05) is 25.3 Å². The molecule has 5 rings (SSSR count). The Labute approximate surface area is 239 Å². The third-order valence-electron chi connectivity index (χ3n) is 7.32. The van der Waals surface area contributed by atoms with Crippen molar-refractivity contribution in [3.63, 3.8) is 0 Å². The zero-order chi connectivity index (χ0) is 28.5. The number of benzene rings is 5. The van der Waals surface area contributed by atoms with Crippen molar-refractivity contribution in [3.8, 4) is 0 Å². The average Bonchev–Trinajstić information content (AvgIpc) is 3.01. The smallest absolute Gasteiger partial charge is 0.0338 e. The summed E-state index contributed by atoms with van der Waals surface area (Å²) in [6.07, 6.45) is 8.03. The lowest BCUT2D eigenvalue weighted by Crippen LogP contribution is -2.20. The lowest BCUT2D eigenvalue weighted by Gasteiger charge is -2.14. The summed E-state index contributed by atoms with van der Waals surface area (Å²) in [5.74, 6) is 0. The Morgan fingerprint density at radius 2 is 1.40 bits per heavy atom. The molecule has 0 spiro atoms. The average molecular weight is 525 g/mol. The van der Waals surface area contributed by atoms with Crippen LogP contribution in [0.3, 0.4) is 0 Å². The molecule has 0 radical (unpaired) electrons. The van der Waals surface area contributed by atoms with Gasteiger partial charge in [0.25, 0.3) is 0 Å². The third-order valence-corrected chi connectivity index (χ3v) is 7.32. The molecule has 0 saturated heterocycles. The largest absolute Gasteiger partial charge is 0.388 e. The van der Waals surface area contributed by atoms with E-state index in [2.05, 4.69) is 129 Å². The Kier molecular flexibility index (Phi) is 9.72. The van der Waals surface area contributed by atoms with Crippen molar-refractivity contribution in [1.29, 1.82) is 0 Å². The normalized spacial score (nSPS) is 12.3. The van der Waals surface area contributed by atoms with Crippen molar-refractivity contribution >= 4 is 38.0 Å². The molecule has 202 valence electrons. The summed E-state index contributed by atoms with van der Waals surface area (Å²) >= 11 is 0. The molecular formula is C38H40N2. The van der Waals surface area contributed by atoms with Crippen LogP contribution in [-0.2, 0) is 0 Å². The number of aryl methyl sites for hydroxylation is 1. The molecule has 0 amide bonds. The fourth-order valence-corrected chi connectivity index (χ4v) is 4.95. The number of rotatable bonds is 8. The van der Waals surface area contributed by atoms with E-state index in [1.807, 2.05) is 38.3 Å². The minimum absolute atomic E-state index is 0.352. The fraction of sp³-hybridized carbons (Fsp3) is 0.158. The fourth-order valence-electron chi connectivity index (χ4n) is 4.95. The maximum atomic E-state index is 4.10. The number of allylic oxidation sites excluding steroid dienone is 3. The van der Waals surface area contributed by atoms with Gasteiger partial charge in [0.2, 0.25) is 0 Å². The maximum absolute atomic E-state index is 4.10. The van der Waals surface area contributed by atoms with Gasteiger partial charge < -0.3 is 10.6 Å². The highest BCUT2D eigenvalue weighted by Crippen LogP contribution is 2.36. The van der Waals surface area contributed by atoms with Crippen molar-refractivity contribution in [1.82, 2.24) is 10.6 Å². The molecule has 5 aromatic rings. The number of fused-ring (bicyclic) bond motifs is 6. The van der Waals surface area contributed by atoms with Gasteiger partial charge >= 0.3 is 0 Å². The van der Waals surface area contributed by atoms with E-state index in [-0.39, 0.29) is 0 Å². The minimum Gasteiger partial charge on any atom is -0.388 e. The van der Waals surface area contributed by atoms with Gasteiger partial charge in [0.15, 0.2) is 0 Å². The highest BCUT2D eigenvalue weighted by atomic mass is 14.9. The predicted molar refractivity (Wildman–Crippen MR) is 178 cm³/mol. The highest BCUT2D eigenvalue weighted by Gasteiger charge is 2.10. The van der Waals surface area contributed by atoms with Crippen LogP contribution in [0.1, 0.15) is 36.6 Å². The van der Waals surface area contributed by atoms with Gasteiger partial charge in [-0.1, -0.05) is 128 Å². The van der Waals surface area contributed by atoms with Crippen molar-refractivity contribution < 1.29 is 0 Å². The molecule has 0 bridgehead atoms. The zero-order valence-electron chi connectivity index (χ0n) is 24.2. The second-order valence-electron chi connectivity index (χ2n) is 10.1. The van der Waals surface area contributed by atoms with E-state index in [1.165, 1.54) is 49.0 Å². The Bertz CT molecular complexity index is 1690. The molecule has 0 aliphatic heterocycles. The van der Waals surface area contributed by atoms with Crippen LogP contribution in [0.4, 0.5) is 0 Å². The standard InChI is InChI=1S/C22H19N.C16H21N/c1-14-8-10-19-17-6-4-5-7-18(17)22-13-16(15(2)23-3)9-11-20(22)21(19)12-14;1-4-6-10-15(5-2)13-17-14(3)16-11-8-7-9-12-16/h4-13,23H,2H2,1,3H3;4-12,14,17H,2,13H2,1,3H3/b;6-4-,15-10+. The van der Waals surface area contributed by atoms with Crippen molar-refractivity contribution in [2.24, 2.45) is 0 Å². The lowest BCUT2D eigenvalue weighted by molar-refractivity contribution is 0.610. The molecule has 1 atom stereocenters. The molecule has 0 aromatic heterocycles. The van der Waals surface area contributed by atoms with E-state index in [0.717, 1.165) is 17.8 Å². The van der Waals surface area contributed by atoms with E-state index >= 15 is 0 Å². The summed E-state index contributed by atoms with van der Waals surface area (Å²) in [7, 11) is 1.91. The van der Waals surface area contributed by atoms with E-state index in [9.17, 15) is 0 Å². The van der Waals surface area contributed by atoms with Crippen molar-refractivity contribution in [2.45, 2.75) is 26.8 Å². The van der Waals surface area contributed by atoms with E-state index in [0.29, 0.717) is 6.04 Å². The zero-order valence-corrected chi connectivity index (χ0v) is 24.2. The first-order chi connectivity index (χ1) is 19.5. The second kappa shape index (κ2) is 13.6. The highest BCUT2D eigenvalue weighted by molar-refractivity contribution is 6.25. The van der Waals surface area contributed by atoms with Crippen LogP contribution in [0.5, 0.6) is 0 Å². The summed E-state index contributed by atoms with van der Waals surface area (Å²) in [6, 6.07) is 32.8. The van der Waals surface area contributed by atoms with E-state index in [4.69, 9.17) is 0 Å². The summed E-state index contributed by atoms with van der Waals surface area (Å²) < 4.78 is 0. The number of nitrogens with one attached hydrogen (secondary N) is 2. The maximum Gasteiger partial charge on any atom is 0.0338 e. The molecule has 0 aliphatic carbocycles. The monoisotopic (exact) mass is 524 g/mol. The van der Waals surface area contributed by atoms with Crippen LogP contribution < -0.4 is 10.6 Å². The lowest BCUT2D eigenvalue weighted by atomic mass is 9.92. The van der Waals surface area contributed by atoms with Gasteiger partial charge in [0.05, 0.1) is 0 Å². The summed E-state index contributed by atoms with van der Waals surface area (Å²) in [5, 5.41) is 14.5. The Morgan fingerprint density at radius 1 is 0.800 bits per heavy atom. The van der Waals surface area contributed by atoms with Crippen LogP contribution in [0.2, 0.25) is 0 Å². The predicted octanol–water partition coefficient (Wildman–Crippen LogP) is 9.67. The summed E-state index contributed by atoms with van der Waals surface area (Å²) in [4.78, 5) is 0. The second-order valence-corrected chi connectivity index (χ2v) is 10.1. The van der Waals surface area contributed by atoms with Crippen LogP contribution in [-0.4, -0.2) is 13.6 Å². The van der Waals surface area contributed by atoms with Gasteiger partial charge in [-0.2, -0.15) is 0 Å². The van der Waals surface area contributed by atoms with Gasteiger partial charge in [-0.25, -0.2) is 0 Å². The van der Waals surface area contributed by atoms with Gasteiger partial charge in [-0.3, -0.25) is 0 Å². The number of hydrogen-bond donors (Lipinski definition) is 2. The first-order valence-electron chi connectivity index (χ1n) is 13.9. The van der Waals surface area contributed by atoms with Crippen molar-refractivity contribution in [2.75, 3.05) is 13.6 Å². The topological polar surface area (TPSA) is 24.1 Å². The van der Waals surface area contributed by atoms with Crippen LogP contribution >= 0.6 is 0 Å². The Morgan fingerprint density at radius 3 is 2.08 bits per heavy atom. The Hall–Kier alpha value is -4.40. The van der Waals surface area contributed by atoms with Gasteiger partial charge in [-0.15, -0.1) is 0 Å². The SMILES string of the molecule is C=C(NC)c1ccc2c3cc(C)ccc3c3ccccc3c2c1.C=C/C(=C\C=C/C)CNC(C)c1ccccc1. The van der Waals surface area contributed by atoms with Gasteiger partial charge in [-0.05, 0) is 75.9 Å². The van der Waals surface area contributed by atoms with Crippen molar-refractivity contribution in [3.05, 3.63) is 151 Å². The van der Waals surface area contributed by atoms with Gasteiger partial charge in [0.1, 0.15) is 0 Å². The van der Waals surface area contributed by atoms with Crippen LogP contribution in [0.15, 0.2) is 134 Å². The molecule has 2 heteroatoms. The molecule has 0 saturated carbocycles. The molecule has 2 nitrogen and oxygen atoms in total. The molecule has 0 fully saturated rings. The molecule has 1 unspecified atom stereocenters. The first kappa shape index (κ1) is 28.6. The van der Waals surface area contributed by atoms with E-state index < -0.39 is 0 Å². The number of hydrogen-bond acceptors (Lipinski definition) is 2. The van der Waals surface area contributed by atoms with Crippen LogP contribution in [0, 0.1) is 6.92 Å². The third kappa shape index (κ3) is 6.59. The quantitative estimate of drug-likeness (QED) is 0.156. The molecule has 0 aliphatic rings. The summed E-state index contributed by atoms with van der Waals surface area (Å²) in [6.45, 7) is 15.1. The Balaban J connectivity index is 0.000000195. The first-order valence-corrected chi connectivity index (χ1v) is 13.9. The van der Waals surface area contributed by atoms with Crippen LogP contribution in [0.25, 0.3) is 38.0 Å². The molecule has 2 N–H and O–H groups in total. The molecule has 0 heterocycles. The summed E-state index contributed by atoms with van der Waals surface area (Å²) in [5.41, 5.74) is 5.88. The van der Waals surface area contributed by atoms with E-state index in [1.54, 1.807) is 0 Å². The minimum atomic E-state index is 0.352. The molecule has 40 heavy (non-hydrogen) atoms.